The number of ether oxygens (including phenoxy) is 2. The molecule has 0 amide bonds. The molecule has 0 radical (unpaired) electrons. The minimum atomic E-state index is -1.07. The van der Waals surface area contributed by atoms with Gasteiger partial charge in [-0.2, -0.15) is 0 Å². The van der Waals surface area contributed by atoms with E-state index < -0.39 is 5.60 Å². The molecule has 6 heteroatoms. The van der Waals surface area contributed by atoms with E-state index in [9.17, 15) is 13.6 Å². The van der Waals surface area contributed by atoms with Crippen LogP contribution in [-0.2, 0) is 27.1 Å². The monoisotopic (exact) mass is 459 g/mol. The van der Waals surface area contributed by atoms with Gasteiger partial charge >= 0.3 is 5.97 Å². The molecular formula is C27H35F2NO3. The first-order valence-electron chi connectivity index (χ1n) is 11.7. The Morgan fingerprint density at radius 3 is 2.48 bits per heavy atom. The number of halogens is 2. The summed E-state index contributed by atoms with van der Waals surface area (Å²) in [5.74, 6) is -0.957. The first kappa shape index (κ1) is 25.3. The number of methoxy groups -OCH3 is 1. The Morgan fingerprint density at radius 2 is 1.82 bits per heavy atom. The zero-order valence-corrected chi connectivity index (χ0v) is 20.1. The minimum absolute atomic E-state index is 0.0863. The molecule has 33 heavy (non-hydrogen) atoms. The largest absolute Gasteiger partial charge is 0.455 e. The summed E-state index contributed by atoms with van der Waals surface area (Å²) in [7, 11) is 3.56. The van der Waals surface area contributed by atoms with Crippen LogP contribution in [0.4, 0.5) is 8.78 Å². The van der Waals surface area contributed by atoms with Gasteiger partial charge < -0.3 is 14.4 Å². The lowest BCUT2D eigenvalue weighted by atomic mass is 9.85. The van der Waals surface area contributed by atoms with Crippen LogP contribution in [0.1, 0.15) is 55.9 Å². The average Bonchev–Trinajstić information content (AvgIpc) is 2.79. The highest BCUT2D eigenvalue weighted by Gasteiger charge is 2.44. The normalized spacial score (nSPS) is 17.6. The number of likely N-dealkylation sites (N-methyl/N-ethyl adjacent to an activating group) is 1. The van der Waals surface area contributed by atoms with Crippen molar-refractivity contribution in [1.82, 2.24) is 4.90 Å². The molecular weight excluding hydrogens is 424 g/mol. The maximum absolute atomic E-state index is 13.6. The van der Waals surface area contributed by atoms with Crippen LogP contribution in [0.25, 0.3) is 0 Å². The number of carbonyl (C=O) groups excluding carboxylic acids is 1. The van der Waals surface area contributed by atoms with Crippen molar-refractivity contribution >= 4 is 5.97 Å². The zero-order valence-electron chi connectivity index (χ0n) is 20.1. The number of hydrogen-bond acceptors (Lipinski definition) is 4. The molecule has 0 saturated carbocycles. The van der Waals surface area contributed by atoms with Crippen molar-refractivity contribution in [3.63, 3.8) is 0 Å². The number of fused-ring (bicyclic) bond motifs is 1. The minimum Gasteiger partial charge on any atom is -0.455 e. The summed E-state index contributed by atoms with van der Waals surface area (Å²) in [6.07, 6.45) is 3.26. The lowest BCUT2D eigenvalue weighted by Crippen LogP contribution is -2.49. The molecule has 1 aliphatic rings. The lowest BCUT2D eigenvalue weighted by Gasteiger charge is -2.37. The van der Waals surface area contributed by atoms with Crippen LogP contribution in [0.2, 0.25) is 0 Å². The van der Waals surface area contributed by atoms with E-state index in [2.05, 4.69) is 4.90 Å². The Labute approximate surface area is 195 Å². The van der Waals surface area contributed by atoms with E-state index in [-0.39, 0.29) is 29.6 Å². The Bertz CT molecular complexity index is 931. The van der Waals surface area contributed by atoms with Crippen molar-refractivity contribution in [3.8, 4) is 0 Å². The van der Waals surface area contributed by atoms with Crippen molar-refractivity contribution in [2.75, 3.05) is 27.2 Å². The molecule has 2 atom stereocenters. The highest BCUT2D eigenvalue weighted by atomic mass is 19.1. The smallest absolute Gasteiger partial charge is 0.339 e. The Balaban J connectivity index is 1.64. The van der Waals surface area contributed by atoms with Crippen molar-refractivity contribution in [2.24, 2.45) is 5.92 Å². The van der Waals surface area contributed by atoms with Gasteiger partial charge in [0.2, 0.25) is 0 Å². The van der Waals surface area contributed by atoms with E-state index in [1.54, 1.807) is 25.3 Å². The Morgan fingerprint density at radius 1 is 1.12 bits per heavy atom. The summed E-state index contributed by atoms with van der Waals surface area (Å²) in [5, 5.41) is 0. The van der Waals surface area contributed by atoms with Gasteiger partial charge in [0.1, 0.15) is 17.7 Å². The SMILES string of the molecule is CO[C@](CCN(C)CCc1ccc(F)cc1)(C(=O)O[C@H]1CCCc2cc(F)ccc21)C(C)C. The van der Waals surface area contributed by atoms with Gasteiger partial charge in [0.05, 0.1) is 0 Å². The molecule has 0 saturated heterocycles. The maximum atomic E-state index is 13.6. The van der Waals surface area contributed by atoms with Gasteiger partial charge in [-0.25, -0.2) is 13.6 Å². The van der Waals surface area contributed by atoms with Crippen molar-refractivity contribution in [3.05, 3.63) is 70.8 Å². The molecule has 1 aliphatic carbocycles. The second kappa shape index (κ2) is 11.2. The van der Waals surface area contributed by atoms with Crippen LogP contribution in [-0.4, -0.2) is 43.7 Å². The molecule has 0 unspecified atom stereocenters. The molecule has 3 rings (SSSR count). The third-order valence-corrected chi connectivity index (χ3v) is 6.82. The summed E-state index contributed by atoms with van der Waals surface area (Å²) < 4.78 is 38.6. The maximum Gasteiger partial charge on any atom is 0.339 e. The molecule has 2 aromatic carbocycles. The quantitative estimate of drug-likeness (QED) is 0.441. The highest BCUT2D eigenvalue weighted by molar-refractivity contribution is 5.80. The fourth-order valence-corrected chi connectivity index (χ4v) is 4.58. The Hall–Kier alpha value is -2.31. The molecule has 0 bridgehead atoms. The summed E-state index contributed by atoms with van der Waals surface area (Å²) in [6.45, 7) is 5.36. The topological polar surface area (TPSA) is 38.8 Å². The number of benzene rings is 2. The molecule has 0 fully saturated rings. The van der Waals surface area contributed by atoms with Crippen LogP contribution < -0.4 is 0 Å². The molecule has 0 spiro atoms. The van der Waals surface area contributed by atoms with Gasteiger partial charge in [-0.1, -0.05) is 32.0 Å². The molecule has 2 aromatic rings. The van der Waals surface area contributed by atoms with Gasteiger partial charge in [0.15, 0.2) is 5.60 Å². The Kier molecular flexibility index (Phi) is 8.60. The summed E-state index contributed by atoms with van der Waals surface area (Å²) >= 11 is 0. The predicted octanol–water partition coefficient (Wildman–Crippen LogP) is 5.49. The van der Waals surface area contributed by atoms with E-state index in [1.807, 2.05) is 20.9 Å². The van der Waals surface area contributed by atoms with E-state index in [0.717, 1.165) is 48.9 Å². The molecule has 0 heterocycles. The van der Waals surface area contributed by atoms with Crippen molar-refractivity contribution < 1.29 is 23.0 Å². The highest BCUT2D eigenvalue weighted by Crippen LogP contribution is 2.36. The number of hydrogen-bond donors (Lipinski definition) is 0. The number of esters is 1. The van der Waals surface area contributed by atoms with Crippen molar-refractivity contribution in [1.29, 1.82) is 0 Å². The van der Waals surface area contributed by atoms with Crippen LogP contribution in [0, 0.1) is 17.6 Å². The van der Waals surface area contributed by atoms with Crippen LogP contribution in [0.3, 0.4) is 0 Å². The number of aryl methyl sites for hydroxylation is 1. The predicted molar refractivity (Wildman–Crippen MR) is 125 cm³/mol. The van der Waals surface area contributed by atoms with Crippen LogP contribution >= 0.6 is 0 Å². The molecule has 0 aliphatic heterocycles. The lowest BCUT2D eigenvalue weighted by molar-refractivity contribution is -0.183. The third kappa shape index (κ3) is 6.18. The second-order valence-corrected chi connectivity index (χ2v) is 9.31. The first-order valence-corrected chi connectivity index (χ1v) is 11.7. The molecule has 0 aromatic heterocycles. The average molecular weight is 460 g/mol. The number of carbonyl (C=O) groups is 1. The van der Waals surface area contributed by atoms with Crippen LogP contribution in [0.15, 0.2) is 42.5 Å². The number of nitrogens with zero attached hydrogens (tertiary/aromatic N) is 1. The summed E-state index contributed by atoms with van der Waals surface area (Å²) in [6, 6.07) is 11.2. The number of rotatable bonds is 10. The summed E-state index contributed by atoms with van der Waals surface area (Å²) in [5.41, 5.74) is 1.80. The van der Waals surface area contributed by atoms with Gasteiger partial charge in [-0.15, -0.1) is 0 Å². The van der Waals surface area contributed by atoms with E-state index >= 15 is 0 Å². The molecule has 4 nitrogen and oxygen atoms in total. The fourth-order valence-electron chi connectivity index (χ4n) is 4.58. The van der Waals surface area contributed by atoms with Gasteiger partial charge in [0.25, 0.3) is 0 Å². The second-order valence-electron chi connectivity index (χ2n) is 9.31. The summed E-state index contributed by atoms with van der Waals surface area (Å²) in [4.78, 5) is 15.6. The van der Waals surface area contributed by atoms with E-state index in [0.29, 0.717) is 13.0 Å². The van der Waals surface area contributed by atoms with E-state index in [4.69, 9.17) is 9.47 Å². The molecule has 0 N–H and O–H groups in total. The van der Waals surface area contributed by atoms with E-state index in [1.165, 1.54) is 24.3 Å². The van der Waals surface area contributed by atoms with Gasteiger partial charge in [0, 0.05) is 26.6 Å². The van der Waals surface area contributed by atoms with Gasteiger partial charge in [-0.3, -0.25) is 0 Å². The molecule has 180 valence electrons. The van der Waals surface area contributed by atoms with Crippen LogP contribution in [0.5, 0.6) is 0 Å². The standard InChI is InChI=1S/C27H35F2NO3/c1-19(2)27(32-4,15-17-30(3)16-14-20-8-10-22(28)11-9-20)26(31)33-25-7-5-6-21-18-23(29)12-13-24(21)25/h8-13,18-19,25H,5-7,14-17H2,1-4H3/t25-,27-/m0/s1. The fraction of sp³-hybridized carbons (Fsp3) is 0.519. The zero-order chi connectivity index (χ0) is 24.0. The van der Waals surface area contributed by atoms with Gasteiger partial charge in [-0.05, 0) is 79.6 Å². The van der Waals surface area contributed by atoms with Crippen molar-refractivity contribution in [2.45, 2.75) is 57.7 Å². The first-order chi connectivity index (χ1) is 15.7. The third-order valence-electron chi connectivity index (χ3n) is 6.82.